The van der Waals surface area contributed by atoms with E-state index in [0.29, 0.717) is 17.1 Å². The van der Waals surface area contributed by atoms with Gasteiger partial charge in [-0.3, -0.25) is 4.68 Å². The van der Waals surface area contributed by atoms with Crippen LogP contribution in [0.5, 0.6) is 0 Å². The third kappa shape index (κ3) is 5.68. The predicted octanol–water partition coefficient (Wildman–Crippen LogP) is 5.33. The molecule has 1 aromatic heterocycles. The van der Waals surface area contributed by atoms with Crippen molar-refractivity contribution in [3.8, 4) is 11.3 Å². The summed E-state index contributed by atoms with van der Waals surface area (Å²) in [5.41, 5.74) is 1.42. The molecule has 0 N–H and O–H groups in total. The van der Waals surface area contributed by atoms with E-state index >= 15 is 0 Å². The second-order valence-electron chi connectivity index (χ2n) is 6.65. The fraction of sp³-hybridized carbons (Fsp3) is 0.474. The maximum atomic E-state index is 13.1. The van der Waals surface area contributed by atoms with Gasteiger partial charge in [-0.15, -0.1) is 0 Å². The molecule has 0 saturated carbocycles. The Kier molecular flexibility index (Phi) is 7.81. The van der Waals surface area contributed by atoms with Gasteiger partial charge in [0.1, 0.15) is 0 Å². The number of carbonyl (C=O) groups excluding carboxylic acids is 2. The first kappa shape index (κ1) is 22.9. The highest BCUT2D eigenvalue weighted by Crippen LogP contribution is 2.41. The Morgan fingerprint density at radius 3 is 2.19 bits per heavy atom. The molecule has 0 aliphatic rings. The van der Waals surface area contributed by atoms with E-state index < -0.39 is 11.6 Å². The van der Waals surface area contributed by atoms with Gasteiger partial charge in [-0.1, -0.05) is 44.5 Å². The highest BCUT2D eigenvalue weighted by Gasteiger charge is 2.46. The van der Waals surface area contributed by atoms with Crippen LogP contribution in [0.25, 0.3) is 11.3 Å². The van der Waals surface area contributed by atoms with Crippen LogP contribution in [-0.2, 0) is 29.0 Å². The average Bonchev–Trinajstić information content (AvgIpc) is 2.97. The Labute approximate surface area is 161 Å². The van der Waals surface area contributed by atoms with E-state index in [1.807, 2.05) is 24.6 Å². The molecule has 0 spiro atoms. The normalized spacial score (nSPS) is 11.6. The van der Waals surface area contributed by atoms with Crippen LogP contribution < -0.4 is 0 Å². The molecule has 2 aromatic rings. The molecule has 0 saturated heterocycles. The molecule has 27 heavy (non-hydrogen) atoms. The van der Waals surface area contributed by atoms with E-state index in [4.69, 9.17) is 21.2 Å². The van der Waals surface area contributed by atoms with Crippen molar-refractivity contribution in [2.45, 2.75) is 53.3 Å². The van der Waals surface area contributed by atoms with Crippen molar-refractivity contribution >= 4 is 17.8 Å². The van der Waals surface area contributed by atoms with Crippen molar-refractivity contribution < 1.29 is 22.8 Å². The molecule has 148 valence electrons. The van der Waals surface area contributed by atoms with Crippen molar-refractivity contribution in [2.75, 3.05) is 0 Å². The Balaban J connectivity index is 0.00000114. The zero-order chi connectivity index (χ0) is 20.8. The molecule has 2 rings (SSSR count). The van der Waals surface area contributed by atoms with Crippen LogP contribution in [0.1, 0.15) is 39.0 Å². The van der Waals surface area contributed by atoms with E-state index in [1.54, 1.807) is 18.2 Å². The van der Waals surface area contributed by atoms with Crippen molar-refractivity contribution in [3.63, 3.8) is 0 Å². The molecule has 0 atom stereocenters. The first-order chi connectivity index (χ1) is 12.5. The van der Waals surface area contributed by atoms with Gasteiger partial charge in [0.2, 0.25) is 0 Å². The molecule has 0 unspecified atom stereocenters. The number of rotatable bonds is 5. The predicted molar refractivity (Wildman–Crippen MR) is 96.3 cm³/mol. The van der Waals surface area contributed by atoms with Gasteiger partial charge in [0, 0.05) is 12.1 Å². The number of benzene rings is 1. The lowest BCUT2D eigenvalue weighted by atomic mass is 9.85. The van der Waals surface area contributed by atoms with E-state index in [0.717, 1.165) is 23.4 Å². The second-order valence-corrected chi connectivity index (χ2v) is 7.05. The number of hydrogen-bond donors (Lipinski definition) is 0. The van der Waals surface area contributed by atoms with Gasteiger partial charge in [-0.05, 0) is 37.5 Å². The number of alkyl halides is 3. The maximum absolute atomic E-state index is 13.1. The van der Waals surface area contributed by atoms with Gasteiger partial charge in [-0.25, -0.2) is 0 Å². The summed E-state index contributed by atoms with van der Waals surface area (Å²) in [6.07, 6.45) is -3.30. The molecular weight excluding hydrogens is 381 g/mol. The molecular formula is C19H22ClF3N2O2. The molecule has 0 aliphatic heterocycles. The largest absolute Gasteiger partial charge is 0.394 e. The van der Waals surface area contributed by atoms with Crippen LogP contribution in [-0.4, -0.2) is 22.1 Å². The molecule has 0 fully saturated rings. The second kappa shape index (κ2) is 9.20. The van der Waals surface area contributed by atoms with Crippen molar-refractivity contribution in [2.24, 2.45) is 5.41 Å². The number of nitrogens with zero attached hydrogens (tertiary/aromatic N) is 2. The van der Waals surface area contributed by atoms with E-state index in [2.05, 4.69) is 5.10 Å². The van der Waals surface area contributed by atoms with Crippen LogP contribution in [0.3, 0.4) is 0 Å². The monoisotopic (exact) mass is 402 g/mol. The zero-order valence-electron chi connectivity index (χ0n) is 15.7. The van der Waals surface area contributed by atoms with Gasteiger partial charge < -0.3 is 0 Å². The van der Waals surface area contributed by atoms with Gasteiger partial charge in [0.05, 0.1) is 21.8 Å². The van der Waals surface area contributed by atoms with E-state index in [1.165, 1.54) is 13.8 Å². The van der Waals surface area contributed by atoms with Crippen LogP contribution >= 0.6 is 11.6 Å². The Bertz CT molecular complexity index is 808. The molecule has 0 radical (unpaired) electrons. The average molecular weight is 403 g/mol. The molecule has 1 heterocycles. The summed E-state index contributed by atoms with van der Waals surface area (Å²) in [6, 6.07) is 7.10. The zero-order valence-corrected chi connectivity index (χ0v) is 16.4. The van der Waals surface area contributed by atoms with Gasteiger partial charge >= 0.3 is 12.3 Å². The summed E-state index contributed by atoms with van der Waals surface area (Å²) in [5, 5.41) is 4.94. The van der Waals surface area contributed by atoms with Gasteiger partial charge in [0.25, 0.3) is 0 Å². The van der Waals surface area contributed by atoms with E-state index in [9.17, 15) is 13.2 Å². The summed E-state index contributed by atoms with van der Waals surface area (Å²) < 4.78 is 41.0. The molecule has 4 nitrogen and oxygen atoms in total. The minimum atomic E-state index is -4.25. The smallest absolute Gasteiger partial charge is 0.265 e. The number of hydrogen-bond acceptors (Lipinski definition) is 3. The topological polar surface area (TPSA) is 52.0 Å². The van der Waals surface area contributed by atoms with Gasteiger partial charge in [-0.2, -0.15) is 27.9 Å². The summed E-state index contributed by atoms with van der Waals surface area (Å²) in [6.45, 7) is 7.12. The molecule has 8 heteroatoms. The van der Waals surface area contributed by atoms with Gasteiger partial charge in [0.15, 0.2) is 0 Å². The minimum absolute atomic E-state index is 0.107. The van der Waals surface area contributed by atoms with Crippen LogP contribution in [0.4, 0.5) is 13.2 Å². The molecule has 0 aliphatic carbocycles. The first-order valence-electron chi connectivity index (χ1n) is 8.42. The lowest BCUT2D eigenvalue weighted by Gasteiger charge is -2.27. The molecule has 1 aromatic carbocycles. The lowest BCUT2D eigenvalue weighted by Crippen LogP contribution is -2.34. The summed E-state index contributed by atoms with van der Waals surface area (Å²) in [7, 11) is 0. The first-order valence-corrected chi connectivity index (χ1v) is 8.80. The minimum Gasteiger partial charge on any atom is -0.265 e. The fourth-order valence-corrected chi connectivity index (χ4v) is 2.89. The third-order valence-corrected chi connectivity index (χ3v) is 4.53. The van der Waals surface area contributed by atoms with Crippen molar-refractivity contribution in [3.05, 3.63) is 40.5 Å². The molecule has 0 amide bonds. The summed E-state index contributed by atoms with van der Waals surface area (Å²) in [4.78, 5) is 16.2. The lowest BCUT2D eigenvalue weighted by molar-refractivity contribution is -0.211. The Morgan fingerprint density at radius 2 is 1.74 bits per heavy atom. The summed E-state index contributed by atoms with van der Waals surface area (Å²) >= 11 is 6.37. The van der Waals surface area contributed by atoms with Crippen LogP contribution in [0, 0.1) is 5.41 Å². The van der Waals surface area contributed by atoms with Crippen molar-refractivity contribution in [1.82, 2.24) is 9.78 Å². The van der Waals surface area contributed by atoms with Crippen LogP contribution in [0.15, 0.2) is 24.3 Å². The third-order valence-electron chi connectivity index (χ3n) is 4.22. The Hall–Kier alpha value is -2.11. The summed E-state index contributed by atoms with van der Waals surface area (Å²) in [5.74, 6) is 0. The highest BCUT2D eigenvalue weighted by molar-refractivity contribution is 6.33. The fourth-order valence-electron chi connectivity index (χ4n) is 2.59. The molecule has 0 bridgehead atoms. The van der Waals surface area contributed by atoms with E-state index in [-0.39, 0.29) is 12.6 Å². The van der Waals surface area contributed by atoms with Crippen LogP contribution in [0.2, 0.25) is 5.02 Å². The number of aryl methyl sites for hydroxylation is 2. The standard InChI is InChI=1S/C18H22ClF3N2.CO2/c1-5-13-10-16(24(6-2)23-13)14-8-7-12(9-15(14)19)11-17(3,4)18(20,21)22;2-1-3/h7-10H,5-6,11H2,1-4H3;. The Morgan fingerprint density at radius 1 is 1.15 bits per heavy atom. The quantitative estimate of drug-likeness (QED) is 0.678. The number of halogens is 4. The number of aromatic nitrogens is 2. The maximum Gasteiger partial charge on any atom is 0.394 e. The van der Waals surface area contributed by atoms with Crippen molar-refractivity contribution in [1.29, 1.82) is 0 Å². The SMILES string of the molecule is CCc1cc(-c2ccc(CC(C)(C)C(F)(F)F)cc2Cl)n(CC)n1.O=C=O. The highest BCUT2D eigenvalue weighted by atomic mass is 35.5.